The minimum Gasteiger partial charge on any atom is -0.410 e. The molecule has 1 heterocycles. The van der Waals surface area contributed by atoms with E-state index in [2.05, 4.69) is 20.8 Å². The van der Waals surface area contributed by atoms with Gasteiger partial charge in [-0.3, -0.25) is 0 Å². The van der Waals surface area contributed by atoms with E-state index in [1.165, 1.54) is 0 Å². The molecule has 1 amide bonds. The van der Waals surface area contributed by atoms with Gasteiger partial charge in [-0.05, 0) is 52.7 Å². The molecule has 0 aliphatic rings. The van der Waals surface area contributed by atoms with Crippen LogP contribution in [-0.4, -0.2) is 44.1 Å². The molecule has 0 saturated heterocycles. The van der Waals surface area contributed by atoms with Crippen LogP contribution < -0.4 is 10.1 Å². The summed E-state index contributed by atoms with van der Waals surface area (Å²) in [6, 6.07) is 12.2. The van der Waals surface area contributed by atoms with Gasteiger partial charge in [0.25, 0.3) is 0 Å². The van der Waals surface area contributed by atoms with Crippen molar-refractivity contribution in [2.24, 2.45) is 0 Å². The van der Waals surface area contributed by atoms with Gasteiger partial charge in [0, 0.05) is 17.0 Å². The molecule has 0 saturated carbocycles. The van der Waals surface area contributed by atoms with Crippen LogP contribution in [0.5, 0.6) is 5.75 Å². The molecule has 0 fully saturated rings. The Morgan fingerprint density at radius 3 is 2.55 bits per heavy atom. The molecule has 0 spiro atoms. The standard InChI is InChI=1S/C20H22ClN5O3/c1-12(2)19-23-24-25-26(19)17-8-15(14-4-6-16(21)7-5-14)9-18(10-17)29-20(28)22-13(3)11-27/h4-10,12-13,27H,11H2,1-3H3,(H,22,28). The highest BCUT2D eigenvalue weighted by molar-refractivity contribution is 6.30. The zero-order chi connectivity index (χ0) is 21.0. The highest BCUT2D eigenvalue weighted by atomic mass is 35.5. The third-order valence-electron chi connectivity index (χ3n) is 4.17. The first-order chi connectivity index (χ1) is 13.9. The van der Waals surface area contributed by atoms with Crippen LogP contribution in [0.2, 0.25) is 5.02 Å². The molecule has 2 N–H and O–H groups in total. The summed E-state index contributed by atoms with van der Waals surface area (Å²) in [5.41, 5.74) is 2.36. The molecule has 3 aromatic rings. The number of nitrogens with one attached hydrogen (secondary N) is 1. The molecule has 2 aromatic carbocycles. The number of halogens is 1. The van der Waals surface area contributed by atoms with Gasteiger partial charge in [0.05, 0.1) is 18.3 Å². The number of rotatable bonds is 6. The lowest BCUT2D eigenvalue weighted by atomic mass is 10.0. The van der Waals surface area contributed by atoms with E-state index in [1.54, 1.807) is 35.9 Å². The summed E-state index contributed by atoms with van der Waals surface area (Å²) in [4.78, 5) is 12.1. The summed E-state index contributed by atoms with van der Waals surface area (Å²) >= 11 is 6.00. The number of carbonyl (C=O) groups excluding carboxylic acids is 1. The van der Waals surface area contributed by atoms with E-state index in [-0.39, 0.29) is 12.5 Å². The maximum absolute atomic E-state index is 12.1. The van der Waals surface area contributed by atoms with Gasteiger partial charge in [-0.25, -0.2) is 4.79 Å². The summed E-state index contributed by atoms with van der Waals surface area (Å²) in [6.45, 7) is 5.47. The molecule has 29 heavy (non-hydrogen) atoms. The van der Waals surface area contributed by atoms with Gasteiger partial charge in [0.15, 0.2) is 5.82 Å². The number of nitrogens with zero attached hydrogens (tertiary/aromatic N) is 4. The van der Waals surface area contributed by atoms with E-state index in [1.807, 2.05) is 32.0 Å². The zero-order valence-electron chi connectivity index (χ0n) is 16.3. The van der Waals surface area contributed by atoms with E-state index < -0.39 is 12.1 Å². The minimum absolute atomic E-state index is 0.0993. The molecule has 8 nitrogen and oxygen atoms in total. The zero-order valence-corrected chi connectivity index (χ0v) is 17.1. The molecular weight excluding hydrogens is 394 g/mol. The monoisotopic (exact) mass is 415 g/mol. The second-order valence-corrected chi connectivity index (χ2v) is 7.38. The van der Waals surface area contributed by atoms with E-state index in [4.69, 9.17) is 21.4 Å². The van der Waals surface area contributed by atoms with Crippen molar-refractivity contribution in [2.75, 3.05) is 6.61 Å². The number of aliphatic hydroxyl groups is 1. The first kappa shape index (κ1) is 20.8. The Labute approximate surface area is 173 Å². The Kier molecular flexibility index (Phi) is 6.46. The fraction of sp³-hybridized carbons (Fsp3) is 0.300. The molecule has 3 rings (SSSR count). The number of aliphatic hydroxyl groups excluding tert-OH is 1. The lowest BCUT2D eigenvalue weighted by Crippen LogP contribution is -2.37. The van der Waals surface area contributed by atoms with Crippen LogP contribution in [0.1, 0.15) is 32.5 Å². The Bertz CT molecular complexity index is 988. The van der Waals surface area contributed by atoms with Gasteiger partial charge in [-0.1, -0.05) is 37.6 Å². The van der Waals surface area contributed by atoms with Gasteiger partial charge in [-0.2, -0.15) is 4.68 Å². The normalized spacial score (nSPS) is 12.1. The topological polar surface area (TPSA) is 102 Å². The van der Waals surface area contributed by atoms with Crippen molar-refractivity contribution in [3.05, 3.63) is 53.3 Å². The summed E-state index contributed by atoms with van der Waals surface area (Å²) in [5.74, 6) is 1.10. The Hall–Kier alpha value is -2.97. The number of carbonyl (C=O) groups is 1. The van der Waals surface area contributed by atoms with Crippen LogP contribution in [0.15, 0.2) is 42.5 Å². The molecule has 1 atom stereocenters. The maximum atomic E-state index is 12.1. The smallest absolute Gasteiger partial charge is 0.410 e. The number of benzene rings is 2. The average molecular weight is 416 g/mol. The number of amides is 1. The number of hydrogen-bond donors (Lipinski definition) is 2. The summed E-state index contributed by atoms with van der Waals surface area (Å²) in [5, 5.41) is 24.2. The van der Waals surface area contributed by atoms with E-state index in [9.17, 15) is 4.79 Å². The quantitative estimate of drug-likeness (QED) is 0.638. The molecule has 1 unspecified atom stereocenters. The molecule has 0 aliphatic heterocycles. The van der Waals surface area contributed by atoms with Crippen LogP contribution in [0.4, 0.5) is 4.79 Å². The SMILES string of the molecule is CC(CO)NC(=O)Oc1cc(-c2ccc(Cl)cc2)cc(-n2nnnc2C(C)C)c1. The highest BCUT2D eigenvalue weighted by Crippen LogP contribution is 2.29. The second kappa shape index (κ2) is 9.02. The van der Waals surface area contributed by atoms with Gasteiger partial charge >= 0.3 is 6.09 Å². The molecule has 0 bridgehead atoms. The molecule has 152 valence electrons. The fourth-order valence-electron chi connectivity index (χ4n) is 2.69. The predicted molar refractivity (Wildman–Crippen MR) is 109 cm³/mol. The summed E-state index contributed by atoms with van der Waals surface area (Å²) in [6.07, 6.45) is -0.661. The van der Waals surface area contributed by atoms with Crippen molar-refractivity contribution < 1.29 is 14.6 Å². The number of ether oxygens (including phenoxy) is 1. The third kappa shape index (κ3) is 5.10. The van der Waals surface area contributed by atoms with Crippen molar-refractivity contribution in [3.63, 3.8) is 0 Å². The Morgan fingerprint density at radius 2 is 1.90 bits per heavy atom. The van der Waals surface area contributed by atoms with E-state index in [0.717, 1.165) is 11.1 Å². The summed E-state index contributed by atoms with van der Waals surface area (Å²) in [7, 11) is 0. The number of hydrogen-bond acceptors (Lipinski definition) is 6. The largest absolute Gasteiger partial charge is 0.412 e. The van der Waals surface area contributed by atoms with Crippen LogP contribution in [0.3, 0.4) is 0 Å². The highest BCUT2D eigenvalue weighted by Gasteiger charge is 2.16. The van der Waals surface area contributed by atoms with Crippen molar-refractivity contribution >= 4 is 17.7 Å². The molecule has 0 aliphatic carbocycles. The van der Waals surface area contributed by atoms with Crippen molar-refractivity contribution in [3.8, 4) is 22.6 Å². The Morgan fingerprint density at radius 1 is 1.17 bits per heavy atom. The van der Waals surface area contributed by atoms with Crippen molar-refractivity contribution in [1.29, 1.82) is 0 Å². The fourth-order valence-corrected chi connectivity index (χ4v) is 2.82. The first-order valence-corrected chi connectivity index (χ1v) is 9.54. The predicted octanol–water partition coefficient (Wildman–Crippen LogP) is 3.58. The van der Waals surface area contributed by atoms with Crippen LogP contribution >= 0.6 is 11.6 Å². The van der Waals surface area contributed by atoms with Crippen LogP contribution in [-0.2, 0) is 0 Å². The van der Waals surface area contributed by atoms with Crippen molar-refractivity contribution in [1.82, 2.24) is 25.5 Å². The van der Waals surface area contributed by atoms with Gasteiger partial charge in [0.2, 0.25) is 0 Å². The van der Waals surface area contributed by atoms with Crippen LogP contribution in [0.25, 0.3) is 16.8 Å². The lowest BCUT2D eigenvalue weighted by molar-refractivity contribution is 0.186. The van der Waals surface area contributed by atoms with Gasteiger partial charge in [-0.15, -0.1) is 5.10 Å². The van der Waals surface area contributed by atoms with Crippen LogP contribution in [0, 0.1) is 0 Å². The Balaban J connectivity index is 2.03. The molecule has 0 radical (unpaired) electrons. The first-order valence-electron chi connectivity index (χ1n) is 9.16. The average Bonchev–Trinajstić information content (AvgIpc) is 3.18. The molecule has 9 heteroatoms. The minimum atomic E-state index is -0.661. The van der Waals surface area contributed by atoms with Gasteiger partial charge < -0.3 is 15.2 Å². The molecule has 1 aromatic heterocycles. The number of tetrazole rings is 1. The van der Waals surface area contributed by atoms with E-state index >= 15 is 0 Å². The van der Waals surface area contributed by atoms with Gasteiger partial charge in [0.1, 0.15) is 5.75 Å². The van der Waals surface area contributed by atoms with Crippen molar-refractivity contribution in [2.45, 2.75) is 32.7 Å². The second-order valence-electron chi connectivity index (χ2n) is 6.94. The third-order valence-corrected chi connectivity index (χ3v) is 4.42. The maximum Gasteiger partial charge on any atom is 0.412 e. The number of aromatic nitrogens is 4. The molecular formula is C20H22ClN5O3. The summed E-state index contributed by atoms with van der Waals surface area (Å²) < 4.78 is 7.06. The lowest BCUT2D eigenvalue weighted by Gasteiger charge is -2.14. The van der Waals surface area contributed by atoms with E-state index in [0.29, 0.717) is 22.3 Å².